The van der Waals surface area contributed by atoms with Crippen LogP contribution in [0.15, 0.2) is 23.8 Å². The summed E-state index contributed by atoms with van der Waals surface area (Å²) in [5, 5.41) is 35.2. The molecule has 0 saturated heterocycles. The number of fused-ring (bicyclic) bond motifs is 5. The van der Waals surface area contributed by atoms with Crippen molar-refractivity contribution in [3.8, 4) is 0 Å². The Morgan fingerprint density at radius 3 is 2.47 bits per heavy atom. The number of Topliss-reactive ketones (excluding diaryl/α,β-unsaturated/α-hetero) is 1. The van der Waals surface area contributed by atoms with Gasteiger partial charge in [-0.25, -0.2) is 0 Å². The van der Waals surface area contributed by atoms with Gasteiger partial charge in [0.05, 0.1) is 18.4 Å². The van der Waals surface area contributed by atoms with Gasteiger partial charge in [-0.1, -0.05) is 25.5 Å². The van der Waals surface area contributed by atoms with Gasteiger partial charge in [0, 0.05) is 29.7 Å². The molecule has 0 bridgehead atoms. The summed E-state index contributed by atoms with van der Waals surface area (Å²) in [5.41, 5.74) is -2.02. The van der Waals surface area contributed by atoms with Crippen molar-refractivity contribution in [3.63, 3.8) is 0 Å². The first-order chi connectivity index (χ1) is 20.3. The Morgan fingerprint density at radius 2 is 1.77 bits per heavy atom. The smallest absolute Gasteiger partial charge is 0.306 e. The second kappa shape index (κ2) is 11.9. The van der Waals surface area contributed by atoms with E-state index in [1.807, 2.05) is 13.0 Å². The van der Waals surface area contributed by atoms with Gasteiger partial charge >= 0.3 is 11.9 Å². The number of carbonyl (C=O) groups excluding carboxylic acids is 4. The second-order valence-corrected chi connectivity index (χ2v) is 14.1. The number of ether oxygens (including phenoxy) is 1. The number of aliphatic carboxylic acids is 1. The molecule has 5 rings (SSSR count). The Kier molecular flexibility index (Phi) is 8.75. The van der Waals surface area contributed by atoms with Crippen LogP contribution in [0.1, 0.15) is 84.5 Å². The van der Waals surface area contributed by atoms with Gasteiger partial charge in [0.25, 0.3) is 0 Å². The number of nitrogens with one attached hydrogen (secondary N) is 1. The number of amides is 1. The zero-order valence-corrected chi connectivity index (χ0v) is 25.2. The summed E-state index contributed by atoms with van der Waals surface area (Å²) in [5.74, 6) is -2.54. The average molecular weight is 600 g/mol. The minimum absolute atomic E-state index is 0.00201. The Hall–Kier alpha value is -2.85. The lowest BCUT2D eigenvalue weighted by Crippen LogP contribution is -2.61. The molecule has 0 spiro atoms. The molecule has 1 amide bonds. The number of carboxylic acids is 1. The van der Waals surface area contributed by atoms with Crippen LogP contribution >= 0.6 is 0 Å². The fourth-order valence-electron chi connectivity index (χ4n) is 9.30. The van der Waals surface area contributed by atoms with Gasteiger partial charge in [0.2, 0.25) is 11.7 Å². The zero-order chi connectivity index (χ0) is 31.2. The number of allylic oxidation sites excluding steroid dienone is 4. The van der Waals surface area contributed by atoms with Gasteiger partial charge in [0.1, 0.15) is 5.60 Å². The standard InChI is InChI=1S/C33H45NO9/c1-31-13-11-22(35)15-21(31)7-8-23-24-12-14-33(42,32(24,2)16-25(36)29(23)31)26(37)18-43-28(39)10-9-27(38)34-17-19-3-5-20(6-4-19)30(40)41/h11,13,15,19-20,23-25,29,36,42H,3-10,12,14,16-18H2,1-2H3,(H,34,38)(H,40,41)/t19?,20?,23-,24-,25+,29+,31+,32+,33-/m1/s1. The first-order valence-corrected chi connectivity index (χ1v) is 15.8. The van der Waals surface area contributed by atoms with Gasteiger partial charge in [-0.2, -0.15) is 0 Å². The molecule has 0 unspecified atom stereocenters. The number of carbonyl (C=O) groups is 5. The first-order valence-electron chi connectivity index (χ1n) is 15.8. The van der Waals surface area contributed by atoms with Crippen molar-refractivity contribution < 1.29 is 44.0 Å². The lowest BCUT2D eigenvalue weighted by atomic mass is 9.46. The number of aliphatic hydroxyl groups excluding tert-OH is 1. The van der Waals surface area contributed by atoms with Crippen LogP contribution in [0.3, 0.4) is 0 Å². The maximum absolute atomic E-state index is 13.4. The summed E-state index contributed by atoms with van der Waals surface area (Å²) in [4.78, 5) is 61.2. The average Bonchev–Trinajstić information content (AvgIpc) is 3.24. The third kappa shape index (κ3) is 5.72. The fraction of sp³-hybridized carbons (Fsp3) is 0.727. The maximum atomic E-state index is 13.4. The molecule has 5 aliphatic carbocycles. The van der Waals surface area contributed by atoms with E-state index in [1.165, 1.54) is 0 Å². The van der Waals surface area contributed by atoms with Crippen LogP contribution in [0.2, 0.25) is 0 Å². The summed E-state index contributed by atoms with van der Waals surface area (Å²) in [6.07, 6.45) is 9.38. The van der Waals surface area contributed by atoms with Crippen molar-refractivity contribution in [2.75, 3.05) is 13.2 Å². The van der Waals surface area contributed by atoms with Crippen LogP contribution in [0.5, 0.6) is 0 Å². The molecule has 0 aromatic rings. The summed E-state index contributed by atoms with van der Waals surface area (Å²) in [6, 6.07) is 0. The molecule has 0 radical (unpaired) electrons. The van der Waals surface area contributed by atoms with Gasteiger partial charge in [0.15, 0.2) is 12.4 Å². The topological polar surface area (TPSA) is 167 Å². The van der Waals surface area contributed by atoms with Crippen molar-refractivity contribution in [1.82, 2.24) is 5.32 Å². The van der Waals surface area contributed by atoms with Crippen LogP contribution in [0, 0.1) is 40.4 Å². The molecule has 0 aliphatic heterocycles. The predicted octanol–water partition coefficient (Wildman–Crippen LogP) is 2.90. The van der Waals surface area contributed by atoms with Crippen molar-refractivity contribution in [2.45, 2.75) is 96.2 Å². The van der Waals surface area contributed by atoms with Gasteiger partial charge in [-0.05, 0) is 87.7 Å². The number of hydrogen-bond acceptors (Lipinski definition) is 8. The lowest BCUT2D eigenvalue weighted by Gasteiger charge is -2.59. The normalized spacial score (nSPS) is 40.0. The molecule has 4 N–H and O–H groups in total. The molecule has 4 saturated carbocycles. The van der Waals surface area contributed by atoms with Crippen LogP contribution in [0.4, 0.5) is 0 Å². The molecule has 0 aromatic carbocycles. The molecule has 0 aromatic heterocycles. The Balaban J connectivity index is 1.12. The number of carboxylic acid groups (broad SMARTS) is 1. The van der Waals surface area contributed by atoms with E-state index in [1.54, 1.807) is 12.2 Å². The number of ketones is 2. The van der Waals surface area contributed by atoms with E-state index in [9.17, 15) is 34.2 Å². The second-order valence-electron chi connectivity index (χ2n) is 14.1. The summed E-state index contributed by atoms with van der Waals surface area (Å²) >= 11 is 0. The summed E-state index contributed by atoms with van der Waals surface area (Å²) < 4.78 is 5.22. The van der Waals surface area contributed by atoms with Crippen molar-refractivity contribution in [1.29, 1.82) is 0 Å². The highest BCUT2D eigenvalue weighted by atomic mass is 16.5. The largest absolute Gasteiger partial charge is 0.481 e. The zero-order valence-electron chi connectivity index (χ0n) is 25.2. The van der Waals surface area contributed by atoms with E-state index >= 15 is 0 Å². The Morgan fingerprint density at radius 1 is 1.05 bits per heavy atom. The van der Waals surface area contributed by atoms with Gasteiger partial charge in [-0.3, -0.25) is 24.0 Å². The number of aliphatic hydroxyl groups is 2. The lowest BCUT2D eigenvalue weighted by molar-refractivity contribution is -0.181. The van der Waals surface area contributed by atoms with Crippen LogP contribution in [-0.4, -0.2) is 69.6 Å². The van der Waals surface area contributed by atoms with Crippen molar-refractivity contribution >= 4 is 29.4 Å². The quantitative estimate of drug-likeness (QED) is 0.291. The van der Waals surface area contributed by atoms with E-state index in [2.05, 4.69) is 12.2 Å². The summed E-state index contributed by atoms with van der Waals surface area (Å²) in [6.45, 7) is 3.79. The SMILES string of the molecule is C[C@]12C=CC(=O)C=C1CC[C@H]1[C@H]2[C@@H](O)C[C@@]2(C)[C@@H]1CC[C@@]2(O)C(=O)COC(=O)CCC(=O)NCC1CCC(C(=O)O)CC1. The van der Waals surface area contributed by atoms with Crippen LogP contribution in [0.25, 0.3) is 0 Å². The number of esters is 1. The monoisotopic (exact) mass is 599 g/mol. The van der Waals surface area contributed by atoms with E-state index in [0.717, 1.165) is 31.3 Å². The fourth-order valence-corrected chi connectivity index (χ4v) is 9.30. The van der Waals surface area contributed by atoms with Gasteiger partial charge < -0.3 is 25.4 Å². The van der Waals surface area contributed by atoms with E-state index in [0.29, 0.717) is 25.8 Å². The third-order valence-electron chi connectivity index (χ3n) is 11.8. The predicted molar refractivity (Wildman–Crippen MR) is 154 cm³/mol. The highest BCUT2D eigenvalue weighted by Gasteiger charge is 2.68. The molecule has 10 heteroatoms. The first kappa shape index (κ1) is 31.6. The minimum Gasteiger partial charge on any atom is -0.481 e. The van der Waals surface area contributed by atoms with E-state index < -0.39 is 46.9 Å². The third-order valence-corrected chi connectivity index (χ3v) is 11.8. The van der Waals surface area contributed by atoms with Crippen molar-refractivity contribution in [3.05, 3.63) is 23.8 Å². The highest BCUT2D eigenvalue weighted by Crippen LogP contribution is 2.67. The van der Waals surface area contributed by atoms with E-state index in [4.69, 9.17) is 9.84 Å². The number of hydrogen-bond donors (Lipinski definition) is 4. The molecule has 5 aliphatic rings. The molecule has 7 atom stereocenters. The molecule has 43 heavy (non-hydrogen) atoms. The molecule has 0 heterocycles. The van der Waals surface area contributed by atoms with Gasteiger partial charge in [-0.15, -0.1) is 0 Å². The molecular weight excluding hydrogens is 554 g/mol. The molecule has 10 nitrogen and oxygen atoms in total. The molecule has 236 valence electrons. The van der Waals surface area contributed by atoms with Crippen LogP contribution in [-0.2, 0) is 28.7 Å². The maximum Gasteiger partial charge on any atom is 0.306 e. The highest BCUT2D eigenvalue weighted by molar-refractivity contribution is 6.01. The minimum atomic E-state index is -1.74. The molecular formula is C33H45NO9. The molecule has 4 fully saturated rings. The Bertz CT molecular complexity index is 1230. The van der Waals surface area contributed by atoms with E-state index in [-0.39, 0.29) is 67.0 Å². The van der Waals surface area contributed by atoms with Crippen molar-refractivity contribution in [2.24, 2.45) is 40.4 Å². The number of rotatable bonds is 9. The summed E-state index contributed by atoms with van der Waals surface area (Å²) in [7, 11) is 0. The van der Waals surface area contributed by atoms with Crippen LogP contribution < -0.4 is 5.32 Å². The Labute approximate surface area is 252 Å².